The van der Waals surface area contributed by atoms with Crippen LogP contribution < -0.4 is 0 Å². The molecule has 0 radical (unpaired) electrons. The third kappa shape index (κ3) is 8.29. The summed E-state index contributed by atoms with van der Waals surface area (Å²) >= 11 is 0. The number of aliphatic hydroxyl groups is 4. The predicted octanol–water partition coefficient (Wildman–Crippen LogP) is 2.92. The quantitative estimate of drug-likeness (QED) is 0.261. The Hall–Kier alpha value is -1.86. The number of hydrogen-bond donors (Lipinski definition) is 4. The summed E-state index contributed by atoms with van der Waals surface area (Å²) < 4.78 is 119. The molecular formula is C26H40F8O10. The number of hydrogen-bond acceptors (Lipinski definition) is 10. The van der Waals surface area contributed by atoms with Gasteiger partial charge in [-0.15, -0.1) is 0 Å². The standard InChI is InChI=1S/C8H14F2O.C7H12F2O2.C6H8F2O3.C5H6F2O4/c1-4-7-5(2)8(9,10)6(3)11-7;1-3-5-4(2)7(8,9)6(10)11-5;1-3-4(2-9)11-5(10)6(3,7)8;6-5(7)3(9)2(1-8)11-4(5)10/h5-7H,4H2,1-3H3;4-6,10H,3H2,1-2H3;3-4,9H,2H2,1H3;2-3,8-9H,1H2/t5?,6?,7-;4?,5-,6?;3?,4-;2-,3?/m1111/s1. The van der Waals surface area contributed by atoms with E-state index in [1.165, 1.54) is 20.8 Å². The molecule has 0 aromatic heterocycles. The molecule has 4 aliphatic rings. The van der Waals surface area contributed by atoms with Crippen LogP contribution in [0, 0.1) is 17.8 Å². The van der Waals surface area contributed by atoms with Crippen molar-refractivity contribution in [1.29, 1.82) is 0 Å². The van der Waals surface area contributed by atoms with Crippen molar-refractivity contribution in [1.82, 2.24) is 0 Å². The second-order valence-electron chi connectivity index (χ2n) is 10.8. The van der Waals surface area contributed by atoms with Crippen LogP contribution in [-0.2, 0) is 28.5 Å². The van der Waals surface area contributed by atoms with Crippen LogP contribution >= 0.6 is 0 Å². The number of cyclic esters (lactones) is 2. The fraction of sp³-hybridized carbons (Fsp3) is 0.923. The van der Waals surface area contributed by atoms with Gasteiger partial charge in [-0.3, -0.25) is 0 Å². The molecule has 6 unspecified atom stereocenters. The van der Waals surface area contributed by atoms with Gasteiger partial charge in [0, 0.05) is 5.92 Å². The van der Waals surface area contributed by atoms with E-state index < -0.39 is 103 Å². The molecule has 0 spiro atoms. The van der Waals surface area contributed by atoms with Gasteiger partial charge in [0.2, 0.25) is 6.29 Å². The second kappa shape index (κ2) is 15.2. The summed E-state index contributed by atoms with van der Waals surface area (Å²) in [5.74, 6) is -19.1. The summed E-state index contributed by atoms with van der Waals surface area (Å²) in [6.45, 7) is 7.83. The first kappa shape index (κ1) is 40.2. The van der Waals surface area contributed by atoms with E-state index in [9.17, 15) is 44.7 Å². The Bertz CT molecular complexity index is 882. The Morgan fingerprint density at radius 1 is 0.614 bits per heavy atom. The zero-order valence-electron chi connectivity index (χ0n) is 24.9. The number of carbonyl (C=O) groups excluding carboxylic acids is 2. The van der Waals surface area contributed by atoms with Crippen molar-refractivity contribution in [3.63, 3.8) is 0 Å². The zero-order chi connectivity index (χ0) is 34.6. The molecule has 4 heterocycles. The normalized spacial score (nSPS) is 39.1. The molecule has 10 atom stereocenters. The van der Waals surface area contributed by atoms with Gasteiger partial charge in [-0.05, 0) is 19.8 Å². The van der Waals surface area contributed by atoms with Gasteiger partial charge in [0.15, 0.2) is 12.2 Å². The lowest BCUT2D eigenvalue weighted by Crippen LogP contribution is -2.38. The summed E-state index contributed by atoms with van der Waals surface area (Å²) in [6, 6.07) is 0. The van der Waals surface area contributed by atoms with Gasteiger partial charge in [0.25, 0.3) is 5.92 Å². The van der Waals surface area contributed by atoms with Crippen LogP contribution in [-0.4, -0.2) is 112 Å². The molecule has 0 bridgehead atoms. The van der Waals surface area contributed by atoms with Gasteiger partial charge in [0.05, 0.1) is 37.3 Å². The Morgan fingerprint density at radius 2 is 1.02 bits per heavy atom. The second-order valence-corrected chi connectivity index (χ2v) is 10.8. The first-order chi connectivity index (χ1) is 20.0. The fourth-order valence-corrected chi connectivity index (χ4v) is 4.54. The highest BCUT2D eigenvalue weighted by molar-refractivity contribution is 5.81. The van der Waals surface area contributed by atoms with Gasteiger partial charge >= 0.3 is 29.7 Å². The highest BCUT2D eigenvalue weighted by Gasteiger charge is 2.60. The average molecular weight is 665 g/mol. The number of carbonyl (C=O) groups is 2. The van der Waals surface area contributed by atoms with Crippen molar-refractivity contribution in [2.24, 2.45) is 17.8 Å². The minimum Gasteiger partial charge on any atom is -0.455 e. The highest BCUT2D eigenvalue weighted by atomic mass is 19.3. The van der Waals surface area contributed by atoms with Crippen molar-refractivity contribution < 1.29 is 84.1 Å². The van der Waals surface area contributed by atoms with Gasteiger partial charge in [-0.2, -0.15) is 17.6 Å². The molecule has 4 N–H and O–H groups in total. The van der Waals surface area contributed by atoms with E-state index in [4.69, 9.17) is 25.2 Å². The number of esters is 2. The molecule has 4 aliphatic heterocycles. The largest absolute Gasteiger partial charge is 0.455 e. The van der Waals surface area contributed by atoms with Gasteiger partial charge in [-0.1, -0.05) is 34.6 Å². The van der Waals surface area contributed by atoms with Gasteiger partial charge < -0.3 is 39.4 Å². The van der Waals surface area contributed by atoms with Crippen LogP contribution in [0.1, 0.15) is 54.4 Å². The molecule has 44 heavy (non-hydrogen) atoms. The van der Waals surface area contributed by atoms with Gasteiger partial charge in [-0.25, -0.2) is 27.2 Å². The Morgan fingerprint density at radius 3 is 1.20 bits per heavy atom. The molecule has 0 aliphatic carbocycles. The van der Waals surface area contributed by atoms with E-state index in [1.54, 1.807) is 13.8 Å². The van der Waals surface area contributed by atoms with E-state index in [0.717, 1.165) is 0 Å². The zero-order valence-corrected chi connectivity index (χ0v) is 24.9. The number of alkyl halides is 8. The van der Waals surface area contributed by atoms with E-state index >= 15 is 0 Å². The number of ether oxygens (including phenoxy) is 4. The lowest BCUT2D eigenvalue weighted by atomic mass is 9.96. The van der Waals surface area contributed by atoms with Crippen molar-refractivity contribution in [2.45, 2.75) is 121 Å². The monoisotopic (exact) mass is 664 g/mol. The molecule has 10 nitrogen and oxygen atoms in total. The maximum atomic E-state index is 13.0. The van der Waals surface area contributed by atoms with Crippen LogP contribution in [0.4, 0.5) is 35.1 Å². The molecule has 260 valence electrons. The van der Waals surface area contributed by atoms with E-state index in [1.807, 2.05) is 6.92 Å². The van der Waals surface area contributed by atoms with Crippen molar-refractivity contribution in [3.05, 3.63) is 0 Å². The van der Waals surface area contributed by atoms with Crippen LogP contribution in [0.2, 0.25) is 0 Å². The van der Waals surface area contributed by atoms with E-state index in [0.29, 0.717) is 12.8 Å². The predicted molar refractivity (Wildman–Crippen MR) is 133 cm³/mol. The summed E-state index contributed by atoms with van der Waals surface area (Å²) in [5.41, 5.74) is 0. The molecule has 0 aromatic carbocycles. The lowest BCUT2D eigenvalue weighted by molar-refractivity contribution is -0.191. The Labute approximate surface area is 248 Å². The Balaban J connectivity index is 0.000000293. The molecule has 18 heteroatoms. The Kier molecular flexibility index (Phi) is 13.8. The number of aliphatic hydroxyl groups excluding tert-OH is 4. The van der Waals surface area contributed by atoms with Crippen LogP contribution in [0.25, 0.3) is 0 Å². The van der Waals surface area contributed by atoms with Crippen molar-refractivity contribution in [2.75, 3.05) is 13.2 Å². The van der Waals surface area contributed by atoms with Crippen molar-refractivity contribution >= 4 is 11.9 Å². The van der Waals surface area contributed by atoms with Gasteiger partial charge in [0.1, 0.15) is 12.2 Å². The number of rotatable bonds is 4. The average Bonchev–Trinajstić information content (AvgIpc) is 3.47. The third-order valence-electron chi connectivity index (χ3n) is 7.96. The first-order valence-electron chi connectivity index (χ1n) is 13.8. The first-order valence-corrected chi connectivity index (χ1v) is 13.8. The SMILES string of the molecule is CC1[C@@H](CO)OC(=O)C1(F)F.CC[C@H]1OC(C)C(F)(F)C1C.CC[C@H]1OC(O)C(F)(F)C1C.O=C1O[C@H](CO)C(O)C1(F)F. The molecule has 0 aromatic rings. The lowest BCUT2D eigenvalue weighted by Gasteiger charge is -2.17. The molecule has 4 rings (SSSR count). The molecule has 0 saturated carbocycles. The third-order valence-corrected chi connectivity index (χ3v) is 7.96. The molecular weight excluding hydrogens is 624 g/mol. The summed E-state index contributed by atoms with van der Waals surface area (Å²) in [4.78, 5) is 20.6. The smallest absolute Gasteiger partial charge is 0.380 e. The molecule has 4 saturated heterocycles. The summed E-state index contributed by atoms with van der Waals surface area (Å²) in [6.07, 6.45) is -7.23. The topological polar surface area (TPSA) is 152 Å². The van der Waals surface area contributed by atoms with Crippen LogP contribution in [0.15, 0.2) is 0 Å². The summed E-state index contributed by atoms with van der Waals surface area (Å²) in [7, 11) is 0. The van der Waals surface area contributed by atoms with Crippen molar-refractivity contribution in [3.8, 4) is 0 Å². The molecule has 0 amide bonds. The number of halogens is 8. The van der Waals surface area contributed by atoms with Crippen LogP contribution in [0.3, 0.4) is 0 Å². The van der Waals surface area contributed by atoms with E-state index in [-0.39, 0.29) is 6.10 Å². The minimum absolute atomic E-state index is 0.264. The highest BCUT2D eigenvalue weighted by Crippen LogP contribution is 2.42. The van der Waals surface area contributed by atoms with E-state index in [2.05, 4.69) is 14.2 Å². The fourth-order valence-electron chi connectivity index (χ4n) is 4.54. The van der Waals surface area contributed by atoms with Crippen LogP contribution in [0.5, 0.6) is 0 Å². The molecule has 4 fully saturated rings. The maximum absolute atomic E-state index is 13.0. The maximum Gasteiger partial charge on any atom is 0.380 e. The summed E-state index contributed by atoms with van der Waals surface area (Å²) in [5, 5.41) is 34.2. The minimum atomic E-state index is -3.88.